The number of hydrogen-bond donors (Lipinski definition) is 3. The number of carbonyl (C=O) groups excluding carboxylic acids is 3. The molecule has 0 spiro atoms. The van der Waals surface area contributed by atoms with Crippen molar-refractivity contribution in [2.75, 3.05) is 26.7 Å². The SMILES string of the molecule is COC(=O)N[C@H](C(=O)N1CCC[C@H]1c1ncc(-c2ccc3cc(-c4ccc5nc([C@@H]6C[C@@H]7CCCC[C@@H]7N6C(=O)[C@@H](c6cccc(F)c6)N6CCCC6)[nH]c5c4)ccc3c2)[nH]1)C(C)C. The molecule has 3 aliphatic heterocycles. The van der Waals surface area contributed by atoms with Gasteiger partial charge in [0, 0.05) is 18.2 Å². The molecule has 4 fully saturated rings. The number of fused-ring (bicyclic) bond motifs is 3. The van der Waals surface area contributed by atoms with E-state index in [-0.39, 0.29) is 41.7 Å². The van der Waals surface area contributed by atoms with E-state index in [4.69, 9.17) is 14.7 Å². The molecule has 3 saturated heterocycles. The summed E-state index contributed by atoms with van der Waals surface area (Å²) >= 11 is 0. The molecule has 4 aliphatic rings. The van der Waals surface area contributed by atoms with Gasteiger partial charge >= 0.3 is 6.09 Å². The quantitative estimate of drug-likeness (QED) is 0.125. The molecule has 13 heteroatoms. The van der Waals surface area contributed by atoms with Crippen LogP contribution in [0, 0.1) is 17.7 Å². The van der Waals surface area contributed by atoms with Crippen molar-refractivity contribution in [3.05, 3.63) is 108 Å². The second-order valence-electron chi connectivity index (χ2n) is 18.7. The summed E-state index contributed by atoms with van der Waals surface area (Å²) in [7, 11) is 1.30. The van der Waals surface area contributed by atoms with Gasteiger partial charge in [-0.25, -0.2) is 19.2 Å². The monoisotopic (exact) mass is 864 g/mol. The smallest absolute Gasteiger partial charge is 0.407 e. The highest BCUT2D eigenvalue weighted by Gasteiger charge is 2.49. The topological polar surface area (TPSA) is 140 Å². The molecule has 4 aromatic carbocycles. The van der Waals surface area contributed by atoms with E-state index < -0.39 is 18.2 Å². The number of likely N-dealkylation sites (tertiary alicyclic amines) is 3. The molecule has 332 valence electrons. The first-order valence-corrected chi connectivity index (χ1v) is 23.2. The summed E-state index contributed by atoms with van der Waals surface area (Å²) in [4.78, 5) is 64.0. The number of hydrogen-bond acceptors (Lipinski definition) is 7. The van der Waals surface area contributed by atoms with E-state index in [0.29, 0.717) is 12.5 Å². The minimum absolute atomic E-state index is 0.0684. The second kappa shape index (κ2) is 17.5. The van der Waals surface area contributed by atoms with Crippen LogP contribution >= 0.6 is 0 Å². The van der Waals surface area contributed by atoms with Gasteiger partial charge in [0.1, 0.15) is 29.5 Å². The number of H-pyrrole nitrogens is 2. The number of aromatic amines is 2. The predicted octanol–water partition coefficient (Wildman–Crippen LogP) is 9.63. The zero-order valence-corrected chi connectivity index (χ0v) is 36.9. The van der Waals surface area contributed by atoms with Crippen LogP contribution < -0.4 is 5.32 Å². The third-order valence-electron chi connectivity index (χ3n) is 14.4. The van der Waals surface area contributed by atoms with Gasteiger partial charge in [-0.1, -0.05) is 69.2 Å². The summed E-state index contributed by atoms with van der Waals surface area (Å²) in [6.45, 7) is 6.08. The molecule has 0 bridgehead atoms. The Morgan fingerprint density at radius 2 is 1.53 bits per heavy atom. The Balaban J connectivity index is 0.887. The fourth-order valence-corrected chi connectivity index (χ4v) is 11.2. The standard InChI is InChI=1S/C51H57FN8O4/c1-30(2)45(57-51(63)64-3)49(61)59-23-9-14-43(59)47-53-29-41(56-47)35-18-17-31-24-32(15-16-33(31)25-35)34-19-20-39-40(27-34)55-48(54-39)44-28-36-10-4-5-13-42(36)60(44)50(62)46(58-21-6-7-22-58)37-11-8-12-38(52)26-37/h8,11-12,15-20,24-27,29-30,36,42-46H,4-7,9-10,13-14,21-23,28H2,1-3H3,(H,53,56)(H,54,55)(H,57,63)/t36-,42-,43-,44-,45-,46+/m0/s1. The van der Waals surface area contributed by atoms with Crippen molar-refractivity contribution in [1.82, 2.24) is 40.0 Å². The Hall–Kier alpha value is -6.08. The lowest BCUT2D eigenvalue weighted by Gasteiger charge is -2.38. The largest absolute Gasteiger partial charge is 0.453 e. The van der Waals surface area contributed by atoms with E-state index in [2.05, 4.69) is 79.7 Å². The normalized spacial score (nSPS) is 22.3. The molecule has 6 aromatic rings. The Kier molecular flexibility index (Phi) is 11.4. The Morgan fingerprint density at radius 3 is 2.31 bits per heavy atom. The maximum atomic E-state index is 15.0. The van der Waals surface area contributed by atoms with Gasteiger partial charge in [0.15, 0.2) is 0 Å². The van der Waals surface area contributed by atoms with Gasteiger partial charge in [-0.3, -0.25) is 14.5 Å². The molecular weight excluding hydrogens is 808 g/mol. The molecule has 0 radical (unpaired) electrons. The fourth-order valence-electron chi connectivity index (χ4n) is 11.2. The maximum Gasteiger partial charge on any atom is 0.407 e. The number of nitrogens with one attached hydrogen (secondary N) is 3. The number of carbonyl (C=O) groups is 3. The summed E-state index contributed by atoms with van der Waals surface area (Å²) in [5.41, 5.74) is 6.55. The summed E-state index contributed by atoms with van der Waals surface area (Å²) < 4.78 is 19.4. The number of ether oxygens (including phenoxy) is 1. The highest BCUT2D eigenvalue weighted by atomic mass is 19.1. The van der Waals surface area contributed by atoms with Crippen LogP contribution in [-0.4, -0.2) is 91.4 Å². The Labute approximate surface area is 373 Å². The summed E-state index contributed by atoms with van der Waals surface area (Å²) in [5, 5.41) is 4.91. The zero-order chi connectivity index (χ0) is 44.1. The molecule has 3 N–H and O–H groups in total. The number of benzene rings is 4. The highest BCUT2D eigenvalue weighted by molar-refractivity contribution is 5.92. The van der Waals surface area contributed by atoms with Crippen molar-refractivity contribution in [3.8, 4) is 22.4 Å². The van der Waals surface area contributed by atoms with E-state index in [0.717, 1.165) is 126 Å². The number of methoxy groups -OCH3 is 1. The molecule has 3 amide bonds. The molecule has 12 nitrogen and oxygen atoms in total. The van der Waals surface area contributed by atoms with Gasteiger partial charge in [0.2, 0.25) is 11.8 Å². The van der Waals surface area contributed by atoms with E-state index in [1.807, 2.05) is 31.0 Å². The third kappa shape index (κ3) is 7.92. The van der Waals surface area contributed by atoms with Gasteiger partial charge in [-0.2, -0.15) is 0 Å². The van der Waals surface area contributed by atoms with Crippen molar-refractivity contribution in [3.63, 3.8) is 0 Å². The molecule has 1 aliphatic carbocycles. The summed E-state index contributed by atoms with van der Waals surface area (Å²) in [5.74, 6) is 1.49. The van der Waals surface area contributed by atoms with Gasteiger partial charge in [0.05, 0.1) is 42.1 Å². The van der Waals surface area contributed by atoms with Crippen LogP contribution in [0.15, 0.2) is 85.1 Å². The van der Waals surface area contributed by atoms with Crippen LogP contribution in [0.1, 0.15) is 107 Å². The third-order valence-corrected chi connectivity index (χ3v) is 14.4. The van der Waals surface area contributed by atoms with E-state index in [9.17, 15) is 18.8 Å². The van der Waals surface area contributed by atoms with Crippen molar-refractivity contribution < 1.29 is 23.5 Å². The summed E-state index contributed by atoms with van der Waals surface area (Å²) in [6, 6.07) is 24.4. The number of amides is 3. The van der Waals surface area contributed by atoms with E-state index in [1.54, 1.807) is 12.1 Å². The van der Waals surface area contributed by atoms with Crippen molar-refractivity contribution >= 4 is 39.7 Å². The Morgan fingerprint density at radius 1 is 0.781 bits per heavy atom. The molecule has 2 aromatic heterocycles. The first-order chi connectivity index (χ1) is 31.1. The molecule has 64 heavy (non-hydrogen) atoms. The van der Waals surface area contributed by atoms with Crippen molar-refractivity contribution in [2.45, 2.75) is 102 Å². The van der Waals surface area contributed by atoms with Crippen LogP contribution in [0.3, 0.4) is 0 Å². The number of rotatable bonds is 10. The number of aromatic nitrogens is 4. The second-order valence-corrected chi connectivity index (χ2v) is 18.7. The van der Waals surface area contributed by atoms with E-state index in [1.165, 1.54) is 19.6 Å². The van der Waals surface area contributed by atoms with Gasteiger partial charge < -0.3 is 29.8 Å². The minimum Gasteiger partial charge on any atom is -0.453 e. The zero-order valence-electron chi connectivity index (χ0n) is 36.9. The molecular formula is C51H57FN8O4. The number of halogens is 1. The van der Waals surface area contributed by atoms with Crippen molar-refractivity contribution in [2.24, 2.45) is 11.8 Å². The predicted molar refractivity (Wildman–Crippen MR) is 244 cm³/mol. The number of imidazole rings is 2. The van der Waals surface area contributed by atoms with Crippen LogP contribution in [-0.2, 0) is 14.3 Å². The first-order valence-electron chi connectivity index (χ1n) is 23.2. The molecule has 0 unspecified atom stereocenters. The molecule has 1 saturated carbocycles. The average Bonchev–Trinajstić information content (AvgIpc) is 4.17. The minimum atomic E-state index is -0.691. The average molecular weight is 865 g/mol. The van der Waals surface area contributed by atoms with Crippen LogP contribution in [0.25, 0.3) is 44.2 Å². The summed E-state index contributed by atoms with van der Waals surface area (Å²) in [6.07, 6.45) is 10.2. The van der Waals surface area contributed by atoms with Gasteiger partial charge in [-0.05, 0) is 134 Å². The maximum absolute atomic E-state index is 15.0. The number of alkyl carbamates (subject to hydrolysis) is 1. The number of nitrogens with zero attached hydrogens (tertiary/aromatic N) is 5. The fraction of sp³-hybridized carbons (Fsp3) is 0.431. The lowest BCUT2D eigenvalue weighted by Crippen LogP contribution is -2.51. The van der Waals surface area contributed by atoms with Crippen molar-refractivity contribution in [1.29, 1.82) is 0 Å². The lowest BCUT2D eigenvalue weighted by molar-refractivity contribution is -0.141. The molecule has 6 atom stereocenters. The first kappa shape index (κ1) is 41.9. The van der Waals surface area contributed by atoms with E-state index >= 15 is 0 Å². The van der Waals surface area contributed by atoms with Crippen LogP contribution in [0.2, 0.25) is 0 Å². The lowest BCUT2D eigenvalue weighted by atomic mass is 9.84. The molecule has 5 heterocycles. The van der Waals surface area contributed by atoms with Gasteiger partial charge in [-0.15, -0.1) is 0 Å². The Bertz CT molecular complexity index is 2710. The van der Waals surface area contributed by atoms with Crippen LogP contribution in [0.4, 0.5) is 9.18 Å². The highest BCUT2D eigenvalue weighted by Crippen LogP contribution is 2.48. The van der Waals surface area contributed by atoms with Gasteiger partial charge in [0.25, 0.3) is 0 Å². The molecule has 10 rings (SSSR count). The van der Waals surface area contributed by atoms with Crippen LogP contribution in [0.5, 0.6) is 0 Å².